The van der Waals surface area contributed by atoms with Gasteiger partial charge in [0.25, 0.3) is 0 Å². The highest BCUT2D eigenvalue weighted by atomic mass is 15.3. The van der Waals surface area contributed by atoms with Crippen LogP contribution in [-0.4, -0.2) is 48.2 Å². The monoisotopic (exact) mass is 279 g/mol. The minimum absolute atomic E-state index is 0.568. The molecule has 1 saturated heterocycles. The molecule has 0 aromatic carbocycles. The molecular weight excluding hydrogens is 246 g/mol. The van der Waals surface area contributed by atoms with Crippen LogP contribution in [0.15, 0.2) is 12.3 Å². The Morgan fingerprint density at radius 2 is 1.95 bits per heavy atom. The van der Waals surface area contributed by atoms with Gasteiger partial charge in [0.1, 0.15) is 0 Å². The first-order valence-electron chi connectivity index (χ1n) is 8.75. The molecule has 2 aliphatic rings. The van der Waals surface area contributed by atoms with Crippen LogP contribution in [0, 0.1) is 0 Å². The van der Waals surface area contributed by atoms with Crippen LogP contribution >= 0.6 is 0 Å². The summed E-state index contributed by atoms with van der Waals surface area (Å²) in [7, 11) is 0. The molecule has 3 nitrogen and oxygen atoms in total. The molecule has 0 saturated carbocycles. The maximum absolute atomic E-state index is 3.71. The van der Waals surface area contributed by atoms with E-state index in [1.807, 2.05) is 0 Å². The van der Waals surface area contributed by atoms with Gasteiger partial charge in [-0.05, 0) is 57.9 Å². The molecule has 2 heterocycles. The fourth-order valence-corrected chi connectivity index (χ4v) is 3.41. The molecule has 3 heteroatoms. The van der Waals surface area contributed by atoms with Gasteiger partial charge in [-0.25, -0.2) is 0 Å². The molecule has 0 aromatic rings. The molecular formula is C17H33N3. The minimum atomic E-state index is 0.568. The van der Waals surface area contributed by atoms with Crippen molar-refractivity contribution < 1.29 is 0 Å². The maximum Gasteiger partial charge on any atom is 0.0805 e. The molecule has 0 radical (unpaired) electrons. The third-order valence-electron chi connectivity index (χ3n) is 4.69. The molecule has 116 valence electrons. The Morgan fingerprint density at radius 3 is 2.65 bits per heavy atom. The van der Waals surface area contributed by atoms with Gasteiger partial charge in [0.2, 0.25) is 0 Å². The van der Waals surface area contributed by atoms with E-state index in [1.54, 1.807) is 0 Å². The van der Waals surface area contributed by atoms with Crippen LogP contribution in [0.5, 0.6) is 0 Å². The summed E-state index contributed by atoms with van der Waals surface area (Å²) in [6.07, 6.45) is 14.4. The van der Waals surface area contributed by atoms with Gasteiger partial charge in [0.05, 0.1) is 6.17 Å². The first kappa shape index (κ1) is 15.8. The van der Waals surface area contributed by atoms with Crippen molar-refractivity contribution in [2.45, 2.75) is 71.0 Å². The van der Waals surface area contributed by atoms with Crippen LogP contribution in [0.1, 0.15) is 58.8 Å². The highest BCUT2D eigenvalue weighted by Crippen LogP contribution is 2.21. The van der Waals surface area contributed by atoms with Gasteiger partial charge in [-0.3, -0.25) is 10.2 Å². The van der Waals surface area contributed by atoms with Crippen molar-refractivity contribution in [3.63, 3.8) is 0 Å². The van der Waals surface area contributed by atoms with Gasteiger partial charge >= 0.3 is 0 Å². The van der Waals surface area contributed by atoms with Crippen LogP contribution in [-0.2, 0) is 0 Å². The molecule has 2 aliphatic heterocycles. The van der Waals surface area contributed by atoms with Crippen molar-refractivity contribution in [2.24, 2.45) is 0 Å². The van der Waals surface area contributed by atoms with Crippen LogP contribution in [0.3, 0.4) is 0 Å². The lowest BCUT2D eigenvalue weighted by molar-refractivity contribution is 0.121. The molecule has 0 amide bonds. The fourth-order valence-electron chi connectivity index (χ4n) is 3.41. The number of hydrogen-bond acceptors (Lipinski definition) is 3. The van der Waals surface area contributed by atoms with E-state index in [0.717, 1.165) is 6.04 Å². The SMILES string of the molecule is CCCCN(CCCC)C1CC=CN2CCCNC2C1. The van der Waals surface area contributed by atoms with Gasteiger partial charge in [-0.2, -0.15) is 0 Å². The predicted molar refractivity (Wildman–Crippen MR) is 86.7 cm³/mol. The Morgan fingerprint density at radius 1 is 1.20 bits per heavy atom. The summed E-state index contributed by atoms with van der Waals surface area (Å²) in [6.45, 7) is 9.57. The average Bonchev–Trinajstić information content (AvgIpc) is 2.69. The largest absolute Gasteiger partial charge is 0.362 e. The van der Waals surface area contributed by atoms with E-state index in [0.29, 0.717) is 6.17 Å². The lowest BCUT2D eigenvalue weighted by atomic mass is 10.0. The van der Waals surface area contributed by atoms with Crippen LogP contribution < -0.4 is 5.32 Å². The molecule has 0 spiro atoms. The third-order valence-corrected chi connectivity index (χ3v) is 4.69. The molecule has 1 N–H and O–H groups in total. The molecule has 0 bridgehead atoms. The second-order valence-corrected chi connectivity index (χ2v) is 6.31. The molecule has 2 unspecified atom stereocenters. The number of hydrogen-bond donors (Lipinski definition) is 1. The van der Waals surface area contributed by atoms with Gasteiger partial charge in [-0.1, -0.05) is 32.8 Å². The fraction of sp³-hybridized carbons (Fsp3) is 0.882. The zero-order valence-electron chi connectivity index (χ0n) is 13.5. The number of rotatable bonds is 7. The topological polar surface area (TPSA) is 18.5 Å². The zero-order valence-corrected chi connectivity index (χ0v) is 13.5. The zero-order chi connectivity index (χ0) is 14.2. The van der Waals surface area contributed by atoms with Gasteiger partial charge < -0.3 is 4.90 Å². The highest BCUT2D eigenvalue weighted by Gasteiger charge is 2.27. The first-order valence-corrected chi connectivity index (χ1v) is 8.75. The Hall–Kier alpha value is -0.540. The summed E-state index contributed by atoms with van der Waals surface area (Å²) in [5.41, 5.74) is 0. The summed E-state index contributed by atoms with van der Waals surface area (Å²) in [4.78, 5) is 5.28. The number of unbranched alkanes of at least 4 members (excludes halogenated alkanes) is 2. The lowest BCUT2D eigenvalue weighted by Crippen LogP contribution is -2.51. The van der Waals surface area contributed by atoms with E-state index in [2.05, 4.69) is 41.2 Å². The highest BCUT2D eigenvalue weighted by molar-refractivity contribution is 4.97. The number of fused-ring (bicyclic) bond motifs is 1. The van der Waals surface area contributed by atoms with Crippen LogP contribution in [0.4, 0.5) is 0 Å². The van der Waals surface area contributed by atoms with Crippen molar-refractivity contribution in [3.8, 4) is 0 Å². The number of nitrogens with one attached hydrogen (secondary N) is 1. The smallest absolute Gasteiger partial charge is 0.0805 e. The summed E-state index contributed by atoms with van der Waals surface area (Å²) >= 11 is 0. The second-order valence-electron chi connectivity index (χ2n) is 6.31. The maximum atomic E-state index is 3.71. The summed E-state index contributed by atoms with van der Waals surface area (Å²) < 4.78 is 0. The average molecular weight is 279 g/mol. The minimum Gasteiger partial charge on any atom is -0.362 e. The van der Waals surface area contributed by atoms with Crippen molar-refractivity contribution in [1.29, 1.82) is 0 Å². The standard InChI is InChI=1S/C17H33N3/c1-3-5-11-19(12-6-4-2)16-9-7-13-20-14-8-10-18-17(20)15-16/h7,13,16-18H,3-6,8-12,14-15H2,1-2H3. The van der Waals surface area contributed by atoms with Gasteiger partial charge in [-0.15, -0.1) is 0 Å². The Kier molecular flexibility index (Phi) is 6.88. The molecule has 20 heavy (non-hydrogen) atoms. The summed E-state index contributed by atoms with van der Waals surface area (Å²) in [5, 5.41) is 3.71. The normalized spacial score (nSPS) is 26.6. The predicted octanol–water partition coefficient (Wildman–Crippen LogP) is 3.19. The quantitative estimate of drug-likeness (QED) is 0.772. The Balaban J connectivity index is 1.94. The molecule has 2 rings (SSSR count). The third kappa shape index (κ3) is 4.49. The van der Waals surface area contributed by atoms with Crippen LogP contribution in [0.25, 0.3) is 0 Å². The Labute approximate surface area is 125 Å². The van der Waals surface area contributed by atoms with Gasteiger partial charge in [0, 0.05) is 12.6 Å². The van der Waals surface area contributed by atoms with Crippen molar-refractivity contribution in [2.75, 3.05) is 26.2 Å². The van der Waals surface area contributed by atoms with E-state index in [-0.39, 0.29) is 0 Å². The molecule has 2 atom stereocenters. The molecule has 0 aromatic heterocycles. The van der Waals surface area contributed by atoms with Crippen molar-refractivity contribution in [1.82, 2.24) is 15.1 Å². The van der Waals surface area contributed by atoms with Crippen molar-refractivity contribution >= 4 is 0 Å². The Bertz CT molecular complexity index is 282. The second kappa shape index (κ2) is 8.68. The summed E-state index contributed by atoms with van der Waals surface area (Å²) in [6, 6.07) is 0.727. The van der Waals surface area contributed by atoms with E-state index < -0.39 is 0 Å². The summed E-state index contributed by atoms with van der Waals surface area (Å²) in [5.74, 6) is 0. The molecule has 1 fully saturated rings. The van der Waals surface area contributed by atoms with E-state index in [4.69, 9.17) is 0 Å². The lowest BCUT2D eigenvalue weighted by Gasteiger charge is -2.38. The van der Waals surface area contributed by atoms with Crippen LogP contribution in [0.2, 0.25) is 0 Å². The van der Waals surface area contributed by atoms with E-state index in [1.165, 1.54) is 71.1 Å². The van der Waals surface area contributed by atoms with Gasteiger partial charge in [0.15, 0.2) is 0 Å². The van der Waals surface area contributed by atoms with E-state index in [9.17, 15) is 0 Å². The first-order chi connectivity index (χ1) is 9.85. The molecule has 0 aliphatic carbocycles. The van der Waals surface area contributed by atoms with Crippen molar-refractivity contribution in [3.05, 3.63) is 12.3 Å². The van der Waals surface area contributed by atoms with E-state index >= 15 is 0 Å². The number of nitrogens with zero attached hydrogens (tertiary/aromatic N) is 2.